The lowest BCUT2D eigenvalue weighted by Gasteiger charge is -2.10. The molecule has 3 heterocycles. The average molecular weight is 371 g/mol. The number of nitrogens with zero attached hydrogens (tertiary/aromatic N) is 1. The van der Waals surface area contributed by atoms with Crippen LogP contribution in [0.4, 0.5) is 0 Å². The first-order valence-corrected chi connectivity index (χ1v) is 8.89. The number of ether oxygens (including phenoxy) is 1. The summed E-state index contributed by atoms with van der Waals surface area (Å²) in [5.41, 5.74) is 3.94. The van der Waals surface area contributed by atoms with E-state index in [1.165, 1.54) is 0 Å². The van der Waals surface area contributed by atoms with E-state index in [1.54, 1.807) is 13.3 Å². The van der Waals surface area contributed by atoms with Crippen LogP contribution in [0, 0.1) is 0 Å². The van der Waals surface area contributed by atoms with E-state index in [4.69, 9.17) is 4.74 Å². The highest BCUT2D eigenvalue weighted by atomic mass is 16.5. The van der Waals surface area contributed by atoms with Crippen LogP contribution in [0.15, 0.2) is 54.9 Å². The SMILES string of the molecule is COc1ccc(C2=C(c3c[nH]c4ccccc34)C(=O)NC2=O)c2c1ccn2C. The smallest absolute Gasteiger partial charge is 0.259 e. The summed E-state index contributed by atoms with van der Waals surface area (Å²) in [5.74, 6) is -0.0563. The van der Waals surface area contributed by atoms with Crippen LogP contribution in [-0.4, -0.2) is 28.5 Å². The van der Waals surface area contributed by atoms with Gasteiger partial charge in [-0.05, 0) is 24.3 Å². The number of rotatable bonds is 3. The predicted molar refractivity (Wildman–Crippen MR) is 108 cm³/mol. The number of carbonyl (C=O) groups excluding carboxylic acids is 2. The van der Waals surface area contributed by atoms with E-state index < -0.39 is 5.91 Å². The van der Waals surface area contributed by atoms with Gasteiger partial charge in [-0.2, -0.15) is 0 Å². The van der Waals surface area contributed by atoms with Crippen molar-refractivity contribution in [3.05, 3.63) is 66.0 Å². The monoisotopic (exact) mass is 371 g/mol. The molecule has 0 aliphatic carbocycles. The zero-order valence-electron chi connectivity index (χ0n) is 15.4. The molecule has 0 bridgehead atoms. The highest BCUT2D eigenvalue weighted by Crippen LogP contribution is 2.39. The first kappa shape index (κ1) is 16.4. The van der Waals surface area contributed by atoms with E-state index in [-0.39, 0.29) is 5.91 Å². The van der Waals surface area contributed by atoms with E-state index >= 15 is 0 Å². The molecular formula is C22H17N3O3. The van der Waals surface area contributed by atoms with E-state index in [0.717, 1.165) is 27.6 Å². The molecule has 28 heavy (non-hydrogen) atoms. The molecule has 2 N–H and O–H groups in total. The largest absolute Gasteiger partial charge is 0.496 e. The minimum Gasteiger partial charge on any atom is -0.496 e. The maximum atomic E-state index is 12.8. The summed E-state index contributed by atoms with van der Waals surface area (Å²) >= 11 is 0. The van der Waals surface area contributed by atoms with Crippen molar-refractivity contribution in [2.75, 3.05) is 7.11 Å². The van der Waals surface area contributed by atoms with E-state index in [1.807, 2.05) is 60.3 Å². The van der Waals surface area contributed by atoms with Gasteiger partial charge in [0.25, 0.3) is 11.8 Å². The van der Waals surface area contributed by atoms with Gasteiger partial charge in [-0.1, -0.05) is 18.2 Å². The Morgan fingerprint density at radius 1 is 0.893 bits per heavy atom. The minimum absolute atomic E-state index is 0.379. The Bertz CT molecular complexity index is 1320. The molecule has 5 rings (SSSR count). The molecule has 0 radical (unpaired) electrons. The number of imide groups is 1. The molecule has 0 fully saturated rings. The van der Waals surface area contributed by atoms with Crippen LogP contribution < -0.4 is 10.1 Å². The predicted octanol–water partition coefficient (Wildman–Crippen LogP) is 3.24. The molecule has 0 atom stereocenters. The van der Waals surface area contributed by atoms with Crippen molar-refractivity contribution in [1.29, 1.82) is 0 Å². The number of hydrogen-bond acceptors (Lipinski definition) is 3. The third-order valence-corrected chi connectivity index (χ3v) is 5.27. The lowest BCUT2D eigenvalue weighted by molar-refractivity contribution is -0.122. The number of fused-ring (bicyclic) bond motifs is 2. The first-order valence-electron chi connectivity index (χ1n) is 8.89. The highest BCUT2D eigenvalue weighted by Gasteiger charge is 2.34. The number of hydrogen-bond donors (Lipinski definition) is 2. The lowest BCUT2D eigenvalue weighted by atomic mass is 9.94. The molecule has 0 unspecified atom stereocenters. The van der Waals surface area contributed by atoms with Crippen molar-refractivity contribution in [1.82, 2.24) is 14.9 Å². The summed E-state index contributed by atoms with van der Waals surface area (Å²) in [7, 11) is 3.52. The van der Waals surface area contributed by atoms with E-state index in [9.17, 15) is 9.59 Å². The third kappa shape index (κ3) is 2.15. The summed E-state index contributed by atoms with van der Waals surface area (Å²) in [4.78, 5) is 28.8. The molecule has 6 heteroatoms. The van der Waals surface area contributed by atoms with Crippen molar-refractivity contribution >= 4 is 44.8 Å². The molecule has 4 aromatic rings. The molecule has 138 valence electrons. The lowest BCUT2D eigenvalue weighted by Crippen LogP contribution is -2.22. The number of aromatic amines is 1. The fourth-order valence-electron chi connectivity index (χ4n) is 4.02. The van der Waals surface area contributed by atoms with Gasteiger partial charge in [-0.15, -0.1) is 0 Å². The molecule has 0 saturated carbocycles. The Hall–Kier alpha value is -3.80. The third-order valence-electron chi connectivity index (χ3n) is 5.27. The van der Waals surface area contributed by atoms with Gasteiger partial charge in [0.2, 0.25) is 0 Å². The quantitative estimate of drug-likeness (QED) is 0.543. The molecule has 2 aromatic heterocycles. The van der Waals surface area contributed by atoms with Crippen LogP contribution in [0.3, 0.4) is 0 Å². The fourth-order valence-corrected chi connectivity index (χ4v) is 4.02. The summed E-state index contributed by atoms with van der Waals surface area (Å²) in [6.45, 7) is 0. The first-order chi connectivity index (χ1) is 13.6. The van der Waals surface area contributed by atoms with Crippen LogP contribution in [0.1, 0.15) is 11.1 Å². The van der Waals surface area contributed by atoms with Gasteiger partial charge in [-0.25, -0.2) is 0 Å². The van der Waals surface area contributed by atoms with Crippen LogP contribution in [-0.2, 0) is 16.6 Å². The maximum absolute atomic E-state index is 12.8. The number of methoxy groups -OCH3 is 1. The van der Waals surface area contributed by atoms with E-state index in [0.29, 0.717) is 22.3 Å². The summed E-state index contributed by atoms with van der Waals surface area (Å²) in [5, 5.41) is 4.26. The van der Waals surface area contributed by atoms with Gasteiger partial charge in [0.05, 0.1) is 23.8 Å². The van der Waals surface area contributed by atoms with Gasteiger partial charge in [0, 0.05) is 46.9 Å². The number of benzene rings is 2. The van der Waals surface area contributed by atoms with Crippen molar-refractivity contribution in [3.8, 4) is 5.75 Å². The normalized spacial score (nSPS) is 14.4. The number of aryl methyl sites for hydroxylation is 1. The average Bonchev–Trinajstić information content (AvgIpc) is 3.37. The second-order valence-electron chi connectivity index (χ2n) is 6.79. The molecular weight excluding hydrogens is 354 g/mol. The molecule has 1 aliphatic rings. The maximum Gasteiger partial charge on any atom is 0.259 e. The van der Waals surface area contributed by atoms with Crippen molar-refractivity contribution < 1.29 is 14.3 Å². The Morgan fingerprint density at radius 3 is 2.43 bits per heavy atom. The number of H-pyrrole nitrogens is 1. The van der Waals surface area contributed by atoms with Gasteiger partial charge in [-0.3, -0.25) is 14.9 Å². The Kier molecular flexibility index (Phi) is 3.42. The number of nitrogens with one attached hydrogen (secondary N) is 2. The van der Waals surface area contributed by atoms with Crippen molar-refractivity contribution in [2.24, 2.45) is 7.05 Å². The topological polar surface area (TPSA) is 76.1 Å². The molecule has 6 nitrogen and oxygen atoms in total. The molecule has 0 spiro atoms. The molecule has 2 aromatic carbocycles. The highest BCUT2D eigenvalue weighted by molar-refractivity contribution is 6.50. The summed E-state index contributed by atoms with van der Waals surface area (Å²) in [6, 6.07) is 13.3. The summed E-state index contributed by atoms with van der Waals surface area (Å²) in [6.07, 6.45) is 3.70. The number of amides is 2. The standard InChI is InChI=1S/C22H17N3O3/c1-25-10-9-13-17(28-2)8-7-14(20(13)25)18-19(22(27)24-21(18)26)15-11-23-16-6-4-3-5-12(15)16/h3-11,23H,1-2H3,(H,24,26,27). The number of carbonyl (C=O) groups is 2. The Morgan fingerprint density at radius 2 is 1.64 bits per heavy atom. The molecule has 1 aliphatic heterocycles. The number of para-hydroxylation sites is 1. The van der Waals surface area contributed by atoms with Gasteiger partial charge >= 0.3 is 0 Å². The van der Waals surface area contributed by atoms with Gasteiger partial charge in [0.1, 0.15) is 5.75 Å². The van der Waals surface area contributed by atoms with Crippen molar-refractivity contribution in [3.63, 3.8) is 0 Å². The van der Waals surface area contributed by atoms with Gasteiger partial charge < -0.3 is 14.3 Å². The van der Waals surface area contributed by atoms with Crippen LogP contribution in [0.5, 0.6) is 5.75 Å². The zero-order chi connectivity index (χ0) is 19.4. The van der Waals surface area contributed by atoms with Crippen LogP contribution in [0.25, 0.3) is 33.0 Å². The second-order valence-corrected chi connectivity index (χ2v) is 6.79. The van der Waals surface area contributed by atoms with Crippen LogP contribution >= 0.6 is 0 Å². The van der Waals surface area contributed by atoms with Gasteiger partial charge in [0.15, 0.2) is 0 Å². The minimum atomic E-state index is -0.391. The summed E-state index contributed by atoms with van der Waals surface area (Å²) < 4.78 is 7.39. The fraction of sp³-hybridized carbons (Fsp3) is 0.0909. The van der Waals surface area contributed by atoms with Crippen LogP contribution in [0.2, 0.25) is 0 Å². The molecule has 0 saturated heterocycles. The zero-order valence-corrected chi connectivity index (χ0v) is 15.4. The Balaban J connectivity index is 1.87. The second kappa shape index (κ2) is 5.85. The van der Waals surface area contributed by atoms with E-state index in [2.05, 4.69) is 10.3 Å². The molecule has 2 amide bonds. The van der Waals surface area contributed by atoms with Crippen molar-refractivity contribution in [2.45, 2.75) is 0 Å². The number of aromatic nitrogens is 2. The Labute approximate surface area is 160 Å².